The van der Waals surface area contributed by atoms with Crippen LogP contribution in [0.25, 0.3) is 11.3 Å². The molecule has 0 fully saturated rings. The maximum Gasteiger partial charge on any atom is 0.230 e. The second-order valence-electron chi connectivity index (χ2n) is 5.36. The van der Waals surface area contributed by atoms with Gasteiger partial charge in [-0.25, -0.2) is 18.2 Å². The minimum atomic E-state index is -0.970. The van der Waals surface area contributed by atoms with Crippen molar-refractivity contribution in [1.82, 2.24) is 4.98 Å². The second kappa shape index (κ2) is 7.57. The van der Waals surface area contributed by atoms with E-state index >= 15 is 0 Å². The van der Waals surface area contributed by atoms with Crippen molar-refractivity contribution >= 4 is 22.4 Å². The van der Waals surface area contributed by atoms with Crippen LogP contribution in [0.5, 0.6) is 5.75 Å². The maximum atomic E-state index is 13.7. The van der Waals surface area contributed by atoms with Crippen LogP contribution in [0.15, 0.2) is 41.8 Å². The van der Waals surface area contributed by atoms with Gasteiger partial charge in [-0.1, -0.05) is 6.07 Å². The van der Waals surface area contributed by atoms with Crippen molar-refractivity contribution in [2.45, 2.75) is 6.42 Å². The number of amides is 1. The predicted molar refractivity (Wildman–Crippen MR) is 92.8 cm³/mol. The van der Waals surface area contributed by atoms with E-state index in [0.717, 1.165) is 23.5 Å². The Labute approximate surface area is 151 Å². The lowest BCUT2D eigenvalue weighted by Gasteiger charge is -2.05. The number of anilines is 1. The molecule has 0 aliphatic carbocycles. The molecule has 1 amide bonds. The monoisotopic (exact) mass is 378 g/mol. The highest BCUT2D eigenvalue weighted by Crippen LogP contribution is 2.26. The Morgan fingerprint density at radius 1 is 1.12 bits per heavy atom. The fourth-order valence-corrected chi connectivity index (χ4v) is 3.02. The first kappa shape index (κ1) is 17.9. The highest BCUT2D eigenvalue weighted by Gasteiger charge is 2.12. The van der Waals surface area contributed by atoms with Crippen molar-refractivity contribution in [3.63, 3.8) is 0 Å². The van der Waals surface area contributed by atoms with Crippen LogP contribution in [-0.2, 0) is 11.2 Å². The van der Waals surface area contributed by atoms with Crippen LogP contribution in [-0.4, -0.2) is 18.0 Å². The molecule has 0 bridgehead atoms. The standard InChI is InChI=1S/C18H13F3N2O2S/c1-25-16-5-2-10(6-14(16)21)7-17(24)23-18-22-15(9-26-18)11-3-4-12(19)13(20)8-11/h2-6,8-9H,7H2,1H3,(H,22,23,24). The van der Waals surface area contributed by atoms with E-state index in [0.29, 0.717) is 22.0 Å². The van der Waals surface area contributed by atoms with E-state index in [-0.39, 0.29) is 18.1 Å². The Balaban J connectivity index is 1.67. The third-order valence-corrected chi connectivity index (χ3v) is 4.30. The Kier molecular flexibility index (Phi) is 5.22. The lowest BCUT2D eigenvalue weighted by Crippen LogP contribution is -2.14. The number of aromatic nitrogens is 1. The molecule has 8 heteroatoms. The first-order valence-electron chi connectivity index (χ1n) is 7.49. The molecule has 4 nitrogen and oxygen atoms in total. The fraction of sp³-hybridized carbons (Fsp3) is 0.111. The van der Waals surface area contributed by atoms with Gasteiger partial charge in [0.1, 0.15) is 0 Å². The third kappa shape index (κ3) is 4.02. The van der Waals surface area contributed by atoms with Gasteiger partial charge in [0.15, 0.2) is 28.3 Å². The summed E-state index contributed by atoms with van der Waals surface area (Å²) in [6.45, 7) is 0. The van der Waals surface area contributed by atoms with Crippen LogP contribution < -0.4 is 10.1 Å². The molecule has 0 unspecified atom stereocenters. The number of benzene rings is 2. The summed E-state index contributed by atoms with van der Waals surface area (Å²) in [6.07, 6.45) is -0.0407. The van der Waals surface area contributed by atoms with Gasteiger partial charge in [-0.3, -0.25) is 4.79 Å². The molecule has 3 rings (SSSR count). The summed E-state index contributed by atoms with van der Waals surface area (Å²) in [4.78, 5) is 16.3. The van der Waals surface area contributed by atoms with E-state index in [1.54, 1.807) is 11.4 Å². The summed E-state index contributed by atoms with van der Waals surface area (Å²) >= 11 is 1.15. The molecule has 0 radical (unpaired) electrons. The molecular weight excluding hydrogens is 365 g/mol. The number of methoxy groups -OCH3 is 1. The minimum Gasteiger partial charge on any atom is -0.494 e. The van der Waals surface area contributed by atoms with Crippen molar-refractivity contribution < 1.29 is 22.7 Å². The van der Waals surface area contributed by atoms with E-state index in [2.05, 4.69) is 10.3 Å². The van der Waals surface area contributed by atoms with Gasteiger partial charge >= 0.3 is 0 Å². The zero-order valence-corrected chi connectivity index (χ0v) is 14.4. The van der Waals surface area contributed by atoms with Gasteiger partial charge in [0.25, 0.3) is 0 Å². The SMILES string of the molecule is COc1ccc(CC(=O)Nc2nc(-c3ccc(F)c(F)c3)cs2)cc1F. The van der Waals surface area contributed by atoms with Gasteiger partial charge in [0.2, 0.25) is 5.91 Å². The molecule has 1 aromatic heterocycles. The summed E-state index contributed by atoms with van der Waals surface area (Å²) in [5.41, 5.74) is 1.30. The number of ether oxygens (including phenoxy) is 1. The number of carbonyl (C=O) groups excluding carboxylic acids is 1. The van der Waals surface area contributed by atoms with Gasteiger partial charge in [-0.05, 0) is 35.9 Å². The average Bonchev–Trinajstić information content (AvgIpc) is 3.06. The van der Waals surface area contributed by atoms with Crippen LogP contribution in [0.3, 0.4) is 0 Å². The van der Waals surface area contributed by atoms with Crippen LogP contribution >= 0.6 is 11.3 Å². The number of nitrogens with one attached hydrogen (secondary N) is 1. The van der Waals surface area contributed by atoms with Gasteiger partial charge in [0.05, 0.1) is 19.2 Å². The van der Waals surface area contributed by atoms with E-state index in [9.17, 15) is 18.0 Å². The van der Waals surface area contributed by atoms with Crippen molar-refractivity contribution in [1.29, 1.82) is 0 Å². The summed E-state index contributed by atoms with van der Waals surface area (Å²) in [6, 6.07) is 7.72. The van der Waals surface area contributed by atoms with Crippen LogP contribution in [0.2, 0.25) is 0 Å². The highest BCUT2D eigenvalue weighted by atomic mass is 32.1. The molecule has 0 saturated heterocycles. The lowest BCUT2D eigenvalue weighted by atomic mass is 10.1. The summed E-state index contributed by atoms with van der Waals surface area (Å²) in [5.74, 6) is -2.73. The summed E-state index contributed by atoms with van der Waals surface area (Å²) in [5, 5.41) is 4.53. The Bertz CT molecular complexity index is 959. The molecule has 0 saturated carbocycles. The van der Waals surface area contributed by atoms with Gasteiger partial charge in [-0.2, -0.15) is 0 Å². The molecule has 134 valence electrons. The quantitative estimate of drug-likeness (QED) is 0.715. The normalized spacial score (nSPS) is 10.6. The smallest absolute Gasteiger partial charge is 0.230 e. The summed E-state index contributed by atoms with van der Waals surface area (Å²) in [7, 11) is 1.36. The van der Waals surface area contributed by atoms with Crippen LogP contribution in [0, 0.1) is 17.5 Å². The molecule has 0 aliphatic rings. The van der Waals surface area contributed by atoms with E-state index in [1.807, 2.05) is 0 Å². The van der Waals surface area contributed by atoms with Crippen molar-refractivity contribution in [3.8, 4) is 17.0 Å². The van der Waals surface area contributed by atoms with E-state index in [4.69, 9.17) is 4.74 Å². The zero-order valence-electron chi connectivity index (χ0n) is 13.6. The average molecular weight is 378 g/mol. The molecule has 0 atom stereocenters. The van der Waals surface area contributed by atoms with Crippen molar-refractivity contribution in [2.75, 3.05) is 12.4 Å². The van der Waals surface area contributed by atoms with Gasteiger partial charge in [0, 0.05) is 10.9 Å². The van der Waals surface area contributed by atoms with Gasteiger partial charge in [-0.15, -0.1) is 11.3 Å². The van der Waals surface area contributed by atoms with Crippen LogP contribution in [0.1, 0.15) is 5.56 Å². The molecule has 26 heavy (non-hydrogen) atoms. The van der Waals surface area contributed by atoms with Crippen LogP contribution in [0.4, 0.5) is 18.3 Å². The Hall–Kier alpha value is -2.87. The number of rotatable bonds is 5. The number of nitrogens with zero attached hydrogens (tertiary/aromatic N) is 1. The Morgan fingerprint density at radius 2 is 1.92 bits per heavy atom. The molecular formula is C18H13F3N2O2S. The third-order valence-electron chi connectivity index (χ3n) is 3.55. The van der Waals surface area contributed by atoms with Gasteiger partial charge < -0.3 is 10.1 Å². The number of hydrogen-bond acceptors (Lipinski definition) is 4. The number of hydrogen-bond donors (Lipinski definition) is 1. The molecule has 0 spiro atoms. The molecule has 1 heterocycles. The molecule has 2 aromatic carbocycles. The molecule has 1 N–H and O–H groups in total. The number of carbonyl (C=O) groups is 1. The number of thiazole rings is 1. The predicted octanol–water partition coefficient (Wildman–Crippen LogP) is 4.42. The van der Waals surface area contributed by atoms with E-state index in [1.165, 1.54) is 25.3 Å². The lowest BCUT2D eigenvalue weighted by molar-refractivity contribution is -0.115. The molecule has 3 aromatic rings. The highest BCUT2D eigenvalue weighted by molar-refractivity contribution is 7.14. The minimum absolute atomic E-state index is 0.0407. The zero-order chi connectivity index (χ0) is 18.7. The first-order chi connectivity index (χ1) is 12.5. The maximum absolute atomic E-state index is 13.7. The van der Waals surface area contributed by atoms with E-state index < -0.39 is 17.5 Å². The van der Waals surface area contributed by atoms with Crippen molar-refractivity contribution in [3.05, 3.63) is 64.8 Å². The summed E-state index contributed by atoms with van der Waals surface area (Å²) < 4.78 is 44.8. The largest absolute Gasteiger partial charge is 0.494 e. The molecule has 0 aliphatic heterocycles. The topological polar surface area (TPSA) is 51.2 Å². The number of halogens is 3. The van der Waals surface area contributed by atoms with Crippen molar-refractivity contribution in [2.24, 2.45) is 0 Å². The first-order valence-corrected chi connectivity index (χ1v) is 8.37. The second-order valence-corrected chi connectivity index (χ2v) is 6.22. The fourth-order valence-electron chi connectivity index (χ4n) is 2.29. The Morgan fingerprint density at radius 3 is 2.62 bits per heavy atom.